The van der Waals surface area contributed by atoms with E-state index in [1.165, 1.54) is 0 Å². The molecule has 0 saturated heterocycles. The number of hydrogen-bond acceptors (Lipinski definition) is 4. The Morgan fingerprint density at radius 3 is 2.93 bits per heavy atom. The van der Waals surface area contributed by atoms with Gasteiger partial charge in [-0.2, -0.15) is 0 Å². The lowest BCUT2D eigenvalue weighted by Crippen LogP contribution is -2.09. The number of alkyl halides is 1. The summed E-state index contributed by atoms with van der Waals surface area (Å²) < 4.78 is 4.89. The number of ether oxygens (including phenoxy) is 1. The summed E-state index contributed by atoms with van der Waals surface area (Å²) in [4.78, 5) is 15.4. The van der Waals surface area contributed by atoms with Crippen molar-refractivity contribution in [1.29, 1.82) is 0 Å². The molecule has 0 saturated carbocycles. The van der Waals surface area contributed by atoms with Crippen molar-refractivity contribution in [2.75, 3.05) is 30.9 Å². The number of ketones is 1. The molecule has 5 heteroatoms. The second-order valence-corrected chi connectivity index (χ2v) is 3.47. The molecule has 0 aliphatic carbocycles. The summed E-state index contributed by atoms with van der Waals surface area (Å²) in [6.45, 7) is 1.33. The summed E-state index contributed by atoms with van der Waals surface area (Å²) in [6.07, 6.45) is 1.57. The second-order valence-electron chi connectivity index (χ2n) is 2.91. The van der Waals surface area contributed by atoms with Crippen molar-refractivity contribution < 1.29 is 9.53 Å². The van der Waals surface area contributed by atoms with E-state index in [9.17, 15) is 4.79 Å². The van der Waals surface area contributed by atoms with Crippen LogP contribution in [-0.4, -0.2) is 36.4 Å². The van der Waals surface area contributed by atoms with E-state index in [1.807, 2.05) is 0 Å². The van der Waals surface area contributed by atoms with Crippen LogP contribution in [0.1, 0.15) is 10.4 Å². The Balaban J connectivity index is 2.52. The van der Waals surface area contributed by atoms with Gasteiger partial charge < -0.3 is 10.1 Å². The van der Waals surface area contributed by atoms with Gasteiger partial charge in [0.1, 0.15) is 5.82 Å². The summed E-state index contributed by atoms with van der Waals surface area (Å²) >= 11 is 3.11. The van der Waals surface area contributed by atoms with Gasteiger partial charge in [-0.25, -0.2) is 4.98 Å². The maximum Gasteiger partial charge on any atom is 0.174 e. The van der Waals surface area contributed by atoms with E-state index in [4.69, 9.17) is 4.74 Å². The molecule has 1 aromatic rings. The molecule has 0 aromatic carbocycles. The van der Waals surface area contributed by atoms with Crippen LogP contribution >= 0.6 is 15.9 Å². The molecule has 0 aliphatic heterocycles. The first-order chi connectivity index (χ1) is 7.27. The Bertz CT molecular complexity index is 314. The number of nitrogens with zero attached hydrogens (tertiary/aromatic N) is 1. The van der Waals surface area contributed by atoms with Crippen LogP contribution in [0, 0.1) is 0 Å². The van der Waals surface area contributed by atoms with E-state index >= 15 is 0 Å². The Kier molecular flexibility index (Phi) is 5.28. The molecular formula is C10H13BrN2O2. The Morgan fingerprint density at radius 1 is 1.60 bits per heavy atom. The van der Waals surface area contributed by atoms with Gasteiger partial charge in [-0.05, 0) is 12.1 Å². The molecule has 0 radical (unpaired) electrons. The zero-order chi connectivity index (χ0) is 11.1. The fraction of sp³-hybridized carbons (Fsp3) is 0.400. The Hall–Kier alpha value is -0.940. The van der Waals surface area contributed by atoms with Gasteiger partial charge in [0.2, 0.25) is 0 Å². The Morgan fingerprint density at radius 2 is 2.40 bits per heavy atom. The number of aromatic nitrogens is 1. The molecule has 0 atom stereocenters. The van der Waals surface area contributed by atoms with Crippen molar-refractivity contribution in [3.05, 3.63) is 23.9 Å². The number of rotatable bonds is 6. The van der Waals surface area contributed by atoms with E-state index in [0.29, 0.717) is 24.0 Å². The van der Waals surface area contributed by atoms with Crippen LogP contribution in [0.15, 0.2) is 18.3 Å². The molecule has 0 spiro atoms. The van der Waals surface area contributed by atoms with Crippen LogP contribution in [0.5, 0.6) is 0 Å². The molecular weight excluding hydrogens is 260 g/mol. The first-order valence-corrected chi connectivity index (χ1v) is 5.68. The van der Waals surface area contributed by atoms with Gasteiger partial charge >= 0.3 is 0 Å². The minimum atomic E-state index is 0.0333. The molecule has 82 valence electrons. The number of nitrogens with one attached hydrogen (secondary N) is 1. The summed E-state index contributed by atoms with van der Waals surface area (Å²) in [7, 11) is 1.65. The van der Waals surface area contributed by atoms with Crippen molar-refractivity contribution in [1.82, 2.24) is 4.98 Å². The average Bonchev–Trinajstić information content (AvgIpc) is 2.29. The van der Waals surface area contributed by atoms with Crippen LogP contribution in [0.2, 0.25) is 0 Å². The summed E-state index contributed by atoms with van der Waals surface area (Å²) in [6, 6.07) is 3.54. The molecule has 0 aliphatic rings. The molecule has 1 aromatic heterocycles. The number of pyridine rings is 1. The summed E-state index contributed by atoms with van der Waals surface area (Å²) in [5.41, 5.74) is 0.615. The first kappa shape index (κ1) is 12.1. The van der Waals surface area contributed by atoms with E-state index in [0.717, 1.165) is 5.82 Å². The molecule has 0 unspecified atom stereocenters. The highest BCUT2D eigenvalue weighted by molar-refractivity contribution is 9.09. The smallest absolute Gasteiger partial charge is 0.174 e. The van der Waals surface area contributed by atoms with E-state index in [-0.39, 0.29) is 5.78 Å². The quantitative estimate of drug-likeness (QED) is 0.487. The molecule has 0 bridgehead atoms. The van der Waals surface area contributed by atoms with Gasteiger partial charge in [0.15, 0.2) is 5.78 Å². The topological polar surface area (TPSA) is 51.2 Å². The molecule has 1 rings (SSSR count). The zero-order valence-electron chi connectivity index (χ0n) is 8.50. The highest BCUT2D eigenvalue weighted by Crippen LogP contribution is 2.06. The third-order valence-corrected chi connectivity index (χ3v) is 2.33. The van der Waals surface area contributed by atoms with Crippen molar-refractivity contribution >= 4 is 27.5 Å². The minimum absolute atomic E-state index is 0.0333. The third kappa shape index (κ3) is 3.97. The highest BCUT2D eigenvalue weighted by atomic mass is 79.9. The number of hydrogen-bond donors (Lipinski definition) is 1. The van der Waals surface area contributed by atoms with E-state index in [2.05, 4.69) is 26.2 Å². The number of methoxy groups -OCH3 is 1. The van der Waals surface area contributed by atoms with Crippen LogP contribution in [0.3, 0.4) is 0 Å². The number of carbonyl (C=O) groups is 1. The molecule has 15 heavy (non-hydrogen) atoms. The fourth-order valence-corrected chi connectivity index (χ4v) is 1.35. The highest BCUT2D eigenvalue weighted by Gasteiger charge is 2.03. The van der Waals surface area contributed by atoms with Crippen LogP contribution < -0.4 is 5.32 Å². The Labute approximate surface area is 97.2 Å². The standard InChI is InChI=1S/C10H13BrN2O2/c1-15-5-4-12-10-3-2-8(7-13-10)9(14)6-11/h2-3,7H,4-6H2,1H3,(H,12,13). The molecule has 0 amide bonds. The maximum atomic E-state index is 11.3. The van der Waals surface area contributed by atoms with Crippen LogP contribution in [-0.2, 0) is 4.74 Å². The number of Topliss-reactive ketones (excluding diaryl/α,β-unsaturated/α-hetero) is 1. The first-order valence-electron chi connectivity index (χ1n) is 4.56. The van der Waals surface area contributed by atoms with E-state index in [1.54, 1.807) is 25.4 Å². The van der Waals surface area contributed by atoms with Gasteiger partial charge in [-0.1, -0.05) is 15.9 Å². The van der Waals surface area contributed by atoms with E-state index < -0.39 is 0 Å². The van der Waals surface area contributed by atoms with Crippen molar-refractivity contribution in [2.45, 2.75) is 0 Å². The molecule has 1 heterocycles. The van der Waals surface area contributed by atoms with Crippen LogP contribution in [0.4, 0.5) is 5.82 Å². The van der Waals surface area contributed by atoms with Crippen molar-refractivity contribution in [2.24, 2.45) is 0 Å². The van der Waals surface area contributed by atoms with Gasteiger partial charge in [0.25, 0.3) is 0 Å². The van der Waals surface area contributed by atoms with Gasteiger partial charge in [-0.3, -0.25) is 4.79 Å². The van der Waals surface area contributed by atoms with Crippen molar-refractivity contribution in [3.8, 4) is 0 Å². The predicted octanol–water partition coefficient (Wildman–Crippen LogP) is 1.72. The fourth-order valence-electron chi connectivity index (χ4n) is 1.02. The largest absolute Gasteiger partial charge is 0.383 e. The molecule has 4 nitrogen and oxygen atoms in total. The average molecular weight is 273 g/mol. The number of halogens is 1. The number of anilines is 1. The SMILES string of the molecule is COCCNc1ccc(C(=O)CBr)cn1. The lowest BCUT2D eigenvalue weighted by atomic mass is 10.2. The molecule has 0 fully saturated rings. The zero-order valence-corrected chi connectivity index (χ0v) is 10.1. The summed E-state index contributed by atoms with van der Waals surface area (Å²) in [5.74, 6) is 0.782. The molecule has 1 N–H and O–H groups in total. The maximum absolute atomic E-state index is 11.3. The van der Waals surface area contributed by atoms with Crippen molar-refractivity contribution in [3.63, 3.8) is 0 Å². The monoisotopic (exact) mass is 272 g/mol. The lowest BCUT2D eigenvalue weighted by Gasteiger charge is -2.04. The van der Waals surface area contributed by atoms with Gasteiger partial charge in [-0.15, -0.1) is 0 Å². The number of carbonyl (C=O) groups excluding carboxylic acids is 1. The van der Waals surface area contributed by atoms with Gasteiger partial charge in [0.05, 0.1) is 11.9 Å². The third-order valence-electron chi connectivity index (χ3n) is 1.82. The summed E-state index contributed by atoms with van der Waals surface area (Å²) in [5, 5.41) is 3.40. The second kappa shape index (κ2) is 6.53. The van der Waals surface area contributed by atoms with Gasteiger partial charge in [0, 0.05) is 25.4 Å². The predicted molar refractivity (Wildman–Crippen MR) is 62.7 cm³/mol. The van der Waals surface area contributed by atoms with Crippen LogP contribution in [0.25, 0.3) is 0 Å². The minimum Gasteiger partial charge on any atom is -0.383 e. The lowest BCUT2D eigenvalue weighted by molar-refractivity contribution is 0.102. The normalized spacial score (nSPS) is 10.0.